The largest absolute Gasteiger partial charge is 0.507 e. The lowest BCUT2D eigenvalue weighted by Crippen LogP contribution is -2.19. The fourth-order valence-electron chi connectivity index (χ4n) is 4.87. The topological polar surface area (TPSA) is 109 Å². The Morgan fingerprint density at radius 3 is 2.41 bits per heavy atom. The number of hydrogen-bond acceptors (Lipinski definition) is 6. The van der Waals surface area contributed by atoms with Crippen LogP contribution in [0.5, 0.6) is 5.75 Å². The van der Waals surface area contributed by atoms with Crippen LogP contribution in [0, 0.1) is 5.92 Å². The summed E-state index contributed by atoms with van der Waals surface area (Å²) in [6, 6.07) is 11.7. The maximum atomic E-state index is 13.0. The molecule has 0 bridgehead atoms. The van der Waals surface area contributed by atoms with Crippen molar-refractivity contribution in [2.45, 2.75) is 62.3 Å². The van der Waals surface area contributed by atoms with Crippen molar-refractivity contribution in [3.05, 3.63) is 81.5 Å². The summed E-state index contributed by atoms with van der Waals surface area (Å²) in [5.74, 6) is 0.676. The van der Waals surface area contributed by atoms with Crippen LogP contribution in [0.2, 0.25) is 0 Å². The summed E-state index contributed by atoms with van der Waals surface area (Å²) in [7, 11) is -3.80. The lowest BCUT2D eigenvalue weighted by atomic mass is 9.85. The normalized spacial score (nSPS) is 17.3. The van der Waals surface area contributed by atoms with Gasteiger partial charge in [0.2, 0.25) is 0 Å². The molecule has 0 aliphatic heterocycles. The molecule has 2 heterocycles. The first-order valence-corrected chi connectivity index (χ1v) is 13.3. The number of aromatic hydroxyl groups is 1. The van der Waals surface area contributed by atoms with Gasteiger partial charge >= 0.3 is 5.63 Å². The molecule has 0 spiro atoms. The van der Waals surface area contributed by atoms with E-state index < -0.39 is 15.6 Å². The molecule has 2 aromatic heterocycles. The average Bonchev–Trinajstić information content (AvgIpc) is 3.64. The number of benzene rings is 1. The highest BCUT2D eigenvalue weighted by atomic mass is 32.2. The van der Waals surface area contributed by atoms with E-state index in [9.17, 15) is 18.3 Å². The second-order valence-electron chi connectivity index (χ2n) is 9.18. The highest BCUT2D eigenvalue weighted by Crippen LogP contribution is 2.48. The molecule has 7 nitrogen and oxygen atoms in total. The van der Waals surface area contributed by atoms with Gasteiger partial charge in [0, 0.05) is 29.8 Å². The number of nitrogens with one attached hydrogen (secondary N) is 1. The molecule has 34 heavy (non-hydrogen) atoms. The van der Waals surface area contributed by atoms with Crippen molar-refractivity contribution in [3.63, 3.8) is 0 Å². The zero-order valence-electron chi connectivity index (χ0n) is 18.9. The Hall–Kier alpha value is -3.13. The van der Waals surface area contributed by atoms with Crippen LogP contribution in [-0.2, 0) is 22.9 Å². The van der Waals surface area contributed by atoms with E-state index in [0.29, 0.717) is 29.9 Å². The van der Waals surface area contributed by atoms with E-state index in [-0.39, 0.29) is 22.6 Å². The minimum Gasteiger partial charge on any atom is -0.507 e. The lowest BCUT2D eigenvalue weighted by molar-refractivity contribution is 0.382. The second-order valence-corrected chi connectivity index (χ2v) is 10.8. The molecular formula is C26H28N2O5S. The van der Waals surface area contributed by atoms with E-state index in [1.165, 1.54) is 12.3 Å². The SMILES string of the molecule is O=c1oc2c(c(O)c1C(c1ccc(NS(=O)(=O)c3ccccn3)cc1)C1CC1)CCCCCC2. The molecule has 0 amide bonds. The maximum absolute atomic E-state index is 13.0. The number of rotatable bonds is 6. The summed E-state index contributed by atoms with van der Waals surface area (Å²) in [4.78, 5) is 17.0. The average molecular weight is 481 g/mol. The quantitative estimate of drug-likeness (QED) is 0.527. The van der Waals surface area contributed by atoms with Gasteiger partial charge in [0.15, 0.2) is 5.03 Å². The summed E-state index contributed by atoms with van der Waals surface area (Å²) in [6.07, 6.45) is 8.88. The minimum atomic E-state index is -3.80. The van der Waals surface area contributed by atoms with Crippen LogP contribution in [0.1, 0.15) is 66.9 Å². The van der Waals surface area contributed by atoms with Crippen molar-refractivity contribution >= 4 is 15.7 Å². The van der Waals surface area contributed by atoms with Gasteiger partial charge in [-0.25, -0.2) is 9.78 Å². The van der Waals surface area contributed by atoms with Crippen molar-refractivity contribution in [2.24, 2.45) is 5.92 Å². The number of pyridine rings is 1. The number of nitrogens with zero attached hydrogens (tertiary/aromatic N) is 1. The van der Waals surface area contributed by atoms with E-state index in [1.54, 1.807) is 24.3 Å². The Balaban J connectivity index is 1.47. The van der Waals surface area contributed by atoms with Gasteiger partial charge in [-0.15, -0.1) is 0 Å². The fraction of sp³-hybridized carbons (Fsp3) is 0.385. The number of fused-ring (bicyclic) bond motifs is 1. The molecule has 1 aromatic carbocycles. The number of aryl methyl sites for hydroxylation is 1. The summed E-state index contributed by atoms with van der Waals surface area (Å²) < 4.78 is 33.4. The first-order chi connectivity index (χ1) is 16.4. The van der Waals surface area contributed by atoms with Crippen molar-refractivity contribution in [1.82, 2.24) is 4.98 Å². The molecule has 1 atom stereocenters. The van der Waals surface area contributed by atoms with Crippen LogP contribution >= 0.6 is 0 Å². The molecule has 3 aromatic rings. The molecule has 5 rings (SSSR count). The molecule has 2 N–H and O–H groups in total. The van der Waals surface area contributed by atoms with Crippen molar-refractivity contribution in [2.75, 3.05) is 4.72 Å². The summed E-state index contributed by atoms with van der Waals surface area (Å²) in [5.41, 5.74) is 1.91. The van der Waals surface area contributed by atoms with Gasteiger partial charge < -0.3 is 9.52 Å². The van der Waals surface area contributed by atoms with Gasteiger partial charge in [-0.2, -0.15) is 8.42 Å². The van der Waals surface area contributed by atoms with Crippen LogP contribution in [0.4, 0.5) is 5.69 Å². The second kappa shape index (κ2) is 9.25. The Morgan fingerprint density at radius 1 is 1.00 bits per heavy atom. The third-order valence-corrected chi connectivity index (χ3v) is 8.03. The molecule has 1 unspecified atom stereocenters. The van der Waals surface area contributed by atoms with Gasteiger partial charge in [-0.1, -0.05) is 31.0 Å². The molecule has 2 aliphatic rings. The standard InChI is InChI=1S/C26H28N2O5S/c29-25-20-7-3-1-2-4-8-21(20)33-26(30)24(25)23(17-10-11-17)18-12-14-19(15-13-18)28-34(31,32)22-9-5-6-16-27-22/h5-6,9,12-17,23,28-29H,1-4,7-8,10-11H2. The van der Waals surface area contributed by atoms with E-state index in [0.717, 1.165) is 49.7 Å². The summed E-state index contributed by atoms with van der Waals surface area (Å²) in [6.45, 7) is 0. The Morgan fingerprint density at radius 2 is 1.74 bits per heavy atom. The molecule has 2 aliphatic carbocycles. The fourth-order valence-corrected chi connectivity index (χ4v) is 5.88. The van der Waals surface area contributed by atoms with E-state index in [4.69, 9.17) is 4.42 Å². The van der Waals surface area contributed by atoms with Gasteiger partial charge in [-0.3, -0.25) is 4.72 Å². The molecule has 0 radical (unpaired) electrons. The third-order valence-electron chi connectivity index (χ3n) is 6.73. The molecule has 1 saturated carbocycles. The monoisotopic (exact) mass is 480 g/mol. The van der Waals surface area contributed by atoms with Crippen LogP contribution in [0.15, 0.2) is 62.9 Å². The van der Waals surface area contributed by atoms with Crippen LogP contribution in [0.25, 0.3) is 0 Å². The van der Waals surface area contributed by atoms with Crippen molar-refractivity contribution in [1.29, 1.82) is 0 Å². The van der Waals surface area contributed by atoms with E-state index >= 15 is 0 Å². The van der Waals surface area contributed by atoms with E-state index in [1.807, 2.05) is 12.1 Å². The predicted molar refractivity (Wildman–Crippen MR) is 129 cm³/mol. The first kappa shape index (κ1) is 22.7. The molecule has 178 valence electrons. The number of aromatic nitrogens is 1. The van der Waals surface area contributed by atoms with Crippen molar-refractivity contribution < 1.29 is 17.9 Å². The molecular weight excluding hydrogens is 452 g/mol. The highest BCUT2D eigenvalue weighted by Gasteiger charge is 2.38. The first-order valence-electron chi connectivity index (χ1n) is 11.9. The zero-order chi connectivity index (χ0) is 23.7. The van der Waals surface area contributed by atoms with E-state index in [2.05, 4.69) is 9.71 Å². The number of anilines is 1. The smallest absolute Gasteiger partial charge is 0.343 e. The maximum Gasteiger partial charge on any atom is 0.343 e. The highest BCUT2D eigenvalue weighted by molar-refractivity contribution is 7.92. The predicted octanol–water partition coefficient (Wildman–Crippen LogP) is 4.74. The van der Waals surface area contributed by atoms with Gasteiger partial charge in [0.05, 0.1) is 5.56 Å². The summed E-state index contributed by atoms with van der Waals surface area (Å²) in [5, 5.41) is 11.2. The van der Waals surface area contributed by atoms with Crippen LogP contribution in [-0.4, -0.2) is 18.5 Å². The zero-order valence-corrected chi connectivity index (χ0v) is 19.7. The molecule has 8 heteroatoms. The minimum absolute atomic E-state index is 0.0572. The number of hydrogen-bond donors (Lipinski definition) is 2. The molecule has 0 saturated heterocycles. The van der Waals surface area contributed by atoms with Gasteiger partial charge in [-0.05, 0) is 67.9 Å². The Kier molecular flexibility index (Phi) is 6.16. The Labute approximate surface area is 198 Å². The summed E-state index contributed by atoms with van der Waals surface area (Å²) >= 11 is 0. The molecule has 1 fully saturated rings. The van der Waals surface area contributed by atoms with Crippen molar-refractivity contribution in [3.8, 4) is 5.75 Å². The lowest BCUT2D eigenvalue weighted by Gasteiger charge is -2.21. The van der Waals surface area contributed by atoms with Crippen LogP contribution < -0.4 is 10.3 Å². The third kappa shape index (κ3) is 4.59. The van der Waals surface area contributed by atoms with Gasteiger partial charge in [0.1, 0.15) is 11.5 Å². The van der Waals surface area contributed by atoms with Crippen LogP contribution in [0.3, 0.4) is 0 Å². The number of sulfonamides is 1. The Bertz CT molecular complexity index is 1330. The van der Waals surface area contributed by atoms with Gasteiger partial charge in [0.25, 0.3) is 10.0 Å².